The van der Waals surface area contributed by atoms with Crippen molar-refractivity contribution in [3.05, 3.63) is 41.5 Å². The summed E-state index contributed by atoms with van der Waals surface area (Å²) in [5.74, 6) is 0.327. The van der Waals surface area contributed by atoms with E-state index in [4.69, 9.17) is 9.92 Å². The maximum atomic E-state index is 11.2. The van der Waals surface area contributed by atoms with Gasteiger partial charge in [-0.2, -0.15) is 8.42 Å². The zero-order chi connectivity index (χ0) is 14.8. The van der Waals surface area contributed by atoms with E-state index in [2.05, 4.69) is 10.3 Å². The van der Waals surface area contributed by atoms with Crippen LogP contribution in [0.15, 0.2) is 35.3 Å². The largest absolute Gasteiger partial charge is 0.384 e. The quantitative estimate of drug-likeness (QED) is 0.796. The van der Waals surface area contributed by atoms with Crippen LogP contribution in [-0.2, 0) is 14.3 Å². The van der Waals surface area contributed by atoms with Crippen LogP contribution in [0.25, 0.3) is 5.70 Å². The lowest BCUT2D eigenvalue weighted by Gasteiger charge is -2.18. The Labute approximate surface area is 118 Å². The van der Waals surface area contributed by atoms with Crippen molar-refractivity contribution in [2.45, 2.75) is 13.2 Å². The van der Waals surface area contributed by atoms with Gasteiger partial charge < -0.3 is 11.1 Å². The molecule has 2 rings (SSSR count). The molecule has 1 aliphatic heterocycles. The van der Waals surface area contributed by atoms with Crippen molar-refractivity contribution in [1.82, 2.24) is 5.32 Å². The van der Waals surface area contributed by atoms with Crippen LogP contribution >= 0.6 is 0 Å². The van der Waals surface area contributed by atoms with Gasteiger partial charge in [-0.3, -0.25) is 4.99 Å². The fourth-order valence-corrected chi connectivity index (χ4v) is 2.34. The number of nitrogens with two attached hydrogens (primary N) is 1. The van der Waals surface area contributed by atoms with E-state index in [0.717, 1.165) is 17.4 Å². The van der Waals surface area contributed by atoms with Gasteiger partial charge in [0.25, 0.3) is 10.1 Å². The Morgan fingerprint density at radius 1 is 1.35 bits per heavy atom. The molecule has 0 amide bonds. The average molecular weight is 295 g/mol. The number of nitrogens with one attached hydrogen (secondary N) is 1. The second-order valence-corrected chi connectivity index (χ2v) is 6.22. The van der Waals surface area contributed by atoms with Gasteiger partial charge in [0.05, 0.1) is 12.8 Å². The summed E-state index contributed by atoms with van der Waals surface area (Å²) in [6, 6.07) is 7.76. The third-order valence-electron chi connectivity index (χ3n) is 2.70. The first-order chi connectivity index (χ1) is 9.33. The molecule has 1 aliphatic rings. The van der Waals surface area contributed by atoms with Crippen LogP contribution < -0.4 is 11.1 Å². The van der Waals surface area contributed by atoms with Gasteiger partial charge in [0.1, 0.15) is 5.84 Å². The molecule has 1 atom stereocenters. The lowest BCUT2D eigenvalue weighted by Crippen LogP contribution is -2.34. The minimum Gasteiger partial charge on any atom is -0.384 e. The number of hydrogen-bond acceptors (Lipinski definition) is 6. The van der Waals surface area contributed by atoms with E-state index >= 15 is 0 Å². The van der Waals surface area contributed by atoms with Crippen LogP contribution in [-0.4, -0.2) is 33.3 Å². The Balaban J connectivity index is 2.27. The van der Waals surface area contributed by atoms with Crippen molar-refractivity contribution >= 4 is 21.7 Å². The van der Waals surface area contributed by atoms with E-state index in [0.29, 0.717) is 11.5 Å². The highest BCUT2D eigenvalue weighted by Crippen LogP contribution is 2.16. The highest BCUT2D eigenvalue weighted by Gasteiger charge is 2.19. The first-order valence-corrected chi connectivity index (χ1v) is 7.88. The Kier molecular flexibility index (Phi) is 4.10. The Bertz CT molecular complexity index is 648. The molecule has 7 heteroatoms. The van der Waals surface area contributed by atoms with E-state index in [9.17, 15) is 8.42 Å². The van der Waals surface area contributed by atoms with E-state index in [1.807, 2.05) is 31.2 Å². The minimum atomic E-state index is -3.57. The third-order valence-corrected chi connectivity index (χ3v) is 3.28. The lowest BCUT2D eigenvalue weighted by atomic mass is 10.1. The zero-order valence-corrected chi connectivity index (χ0v) is 12.1. The van der Waals surface area contributed by atoms with Crippen LogP contribution in [0, 0.1) is 6.92 Å². The van der Waals surface area contributed by atoms with Gasteiger partial charge in [0.15, 0.2) is 6.23 Å². The molecular weight excluding hydrogens is 278 g/mol. The van der Waals surface area contributed by atoms with E-state index in [1.165, 1.54) is 0 Å². The molecule has 0 aromatic heterocycles. The van der Waals surface area contributed by atoms with Crippen molar-refractivity contribution in [3.8, 4) is 0 Å². The zero-order valence-electron chi connectivity index (χ0n) is 11.3. The fraction of sp³-hybridized carbons (Fsp3) is 0.308. The van der Waals surface area contributed by atoms with Gasteiger partial charge in [-0.1, -0.05) is 29.8 Å². The first-order valence-electron chi connectivity index (χ1n) is 6.07. The van der Waals surface area contributed by atoms with Crippen LogP contribution in [0.1, 0.15) is 11.1 Å². The molecule has 0 spiro atoms. The molecule has 0 aliphatic carbocycles. The van der Waals surface area contributed by atoms with Crippen molar-refractivity contribution in [2.75, 3.05) is 12.8 Å². The number of aryl methyl sites for hydroxylation is 1. The van der Waals surface area contributed by atoms with Crippen LogP contribution in [0.4, 0.5) is 0 Å². The molecule has 0 bridgehead atoms. The molecule has 1 aromatic carbocycles. The molecule has 6 nitrogen and oxygen atoms in total. The molecule has 0 fully saturated rings. The lowest BCUT2D eigenvalue weighted by molar-refractivity contribution is 0.203. The fourth-order valence-electron chi connectivity index (χ4n) is 1.81. The molecule has 1 heterocycles. The second kappa shape index (κ2) is 5.64. The first kappa shape index (κ1) is 14.5. The Hall–Kier alpha value is -1.86. The number of hydrogen-bond donors (Lipinski definition) is 2. The third kappa shape index (κ3) is 4.07. The predicted molar refractivity (Wildman–Crippen MR) is 78.5 cm³/mol. The summed E-state index contributed by atoms with van der Waals surface area (Å²) in [4.78, 5) is 4.05. The molecule has 0 saturated heterocycles. The molecule has 0 radical (unpaired) electrons. The molecule has 1 aromatic rings. The topological polar surface area (TPSA) is 93.8 Å². The average Bonchev–Trinajstić information content (AvgIpc) is 2.51. The Morgan fingerprint density at radius 2 is 2.00 bits per heavy atom. The van der Waals surface area contributed by atoms with Gasteiger partial charge >= 0.3 is 0 Å². The standard InChI is InChI=1S/C13H17N3O3S/c1-9-3-5-10(6-4-9)11-7-12(14)15-8-13(16-11)19-20(2,17)18/h3-7,13,16H,8H2,1-2H3,(H2,14,15). The number of amidine groups is 1. The normalized spacial score (nSPS) is 19.6. The monoisotopic (exact) mass is 295 g/mol. The van der Waals surface area contributed by atoms with Crippen molar-refractivity contribution in [2.24, 2.45) is 10.7 Å². The van der Waals surface area contributed by atoms with Crippen LogP contribution in [0.3, 0.4) is 0 Å². The van der Waals surface area contributed by atoms with Gasteiger partial charge in [-0.15, -0.1) is 0 Å². The summed E-state index contributed by atoms with van der Waals surface area (Å²) in [5.41, 5.74) is 8.44. The number of benzene rings is 1. The highest BCUT2D eigenvalue weighted by atomic mass is 32.2. The van der Waals surface area contributed by atoms with E-state index in [1.54, 1.807) is 6.08 Å². The maximum Gasteiger partial charge on any atom is 0.266 e. The predicted octanol–water partition coefficient (Wildman–Crippen LogP) is 0.599. The molecule has 0 saturated carbocycles. The van der Waals surface area contributed by atoms with Crippen molar-refractivity contribution < 1.29 is 12.6 Å². The van der Waals surface area contributed by atoms with Crippen molar-refractivity contribution in [3.63, 3.8) is 0 Å². The van der Waals surface area contributed by atoms with Gasteiger partial charge in [-0.05, 0) is 12.5 Å². The number of rotatable bonds is 3. The summed E-state index contributed by atoms with van der Waals surface area (Å²) < 4.78 is 27.4. The van der Waals surface area contributed by atoms with Gasteiger partial charge in [0, 0.05) is 11.8 Å². The summed E-state index contributed by atoms with van der Waals surface area (Å²) in [7, 11) is -3.57. The van der Waals surface area contributed by atoms with Gasteiger partial charge in [-0.25, -0.2) is 4.18 Å². The summed E-state index contributed by atoms with van der Waals surface area (Å²) in [5, 5.41) is 3.00. The minimum absolute atomic E-state index is 0.130. The Morgan fingerprint density at radius 3 is 2.60 bits per heavy atom. The van der Waals surface area contributed by atoms with Crippen LogP contribution in [0.5, 0.6) is 0 Å². The molecule has 3 N–H and O–H groups in total. The SMILES string of the molecule is Cc1ccc(C2=CC(N)=NCC(OS(C)(=O)=O)N2)cc1. The summed E-state index contributed by atoms with van der Waals surface area (Å²) in [6.07, 6.45) is 1.90. The number of aliphatic imine (C=N–C) groups is 1. The summed E-state index contributed by atoms with van der Waals surface area (Å²) in [6.45, 7) is 2.12. The molecule has 1 unspecified atom stereocenters. The van der Waals surface area contributed by atoms with Gasteiger partial charge in [0.2, 0.25) is 0 Å². The molecule has 20 heavy (non-hydrogen) atoms. The number of nitrogens with zero attached hydrogens (tertiary/aromatic N) is 1. The van der Waals surface area contributed by atoms with E-state index < -0.39 is 16.3 Å². The van der Waals surface area contributed by atoms with E-state index in [-0.39, 0.29) is 6.54 Å². The second-order valence-electron chi connectivity index (χ2n) is 4.62. The van der Waals surface area contributed by atoms with Crippen molar-refractivity contribution in [1.29, 1.82) is 0 Å². The molecular formula is C13H17N3O3S. The van der Waals surface area contributed by atoms with Crippen LogP contribution in [0.2, 0.25) is 0 Å². The summed E-state index contributed by atoms with van der Waals surface area (Å²) >= 11 is 0. The maximum absolute atomic E-state index is 11.2. The molecule has 108 valence electrons. The highest BCUT2D eigenvalue weighted by molar-refractivity contribution is 7.86. The smallest absolute Gasteiger partial charge is 0.266 e.